The molecular formula is C19H15BrN2O4. The molecule has 0 radical (unpaired) electrons. The van der Waals surface area contributed by atoms with Crippen LogP contribution in [-0.4, -0.2) is 16.4 Å². The smallest absolute Gasteiger partial charge is 0.356 e. The molecule has 0 aliphatic carbocycles. The van der Waals surface area contributed by atoms with Gasteiger partial charge in [-0.05, 0) is 29.7 Å². The summed E-state index contributed by atoms with van der Waals surface area (Å²) in [5.74, 6) is -1.61. The summed E-state index contributed by atoms with van der Waals surface area (Å²) < 4.78 is 7.25. The van der Waals surface area contributed by atoms with Crippen molar-refractivity contribution in [3.8, 4) is 0 Å². The lowest BCUT2D eigenvalue weighted by molar-refractivity contribution is -0.127. The van der Waals surface area contributed by atoms with E-state index in [1.54, 1.807) is 54.6 Å². The van der Waals surface area contributed by atoms with Crippen molar-refractivity contribution in [3.63, 3.8) is 0 Å². The van der Waals surface area contributed by atoms with E-state index in [2.05, 4.69) is 15.9 Å². The van der Waals surface area contributed by atoms with E-state index in [9.17, 15) is 14.4 Å². The summed E-state index contributed by atoms with van der Waals surface area (Å²) in [5.41, 5.74) is 5.55. The molecular weight excluding hydrogens is 400 g/mol. The van der Waals surface area contributed by atoms with Gasteiger partial charge in [0.05, 0.1) is 0 Å². The molecule has 1 atom stereocenters. The van der Waals surface area contributed by atoms with Gasteiger partial charge in [-0.1, -0.05) is 46.3 Å². The van der Waals surface area contributed by atoms with Crippen LogP contribution in [0.3, 0.4) is 0 Å². The third-order valence-electron chi connectivity index (χ3n) is 3.99. The van der Waals surface area contributed by atoms with Crippen molar-refractivity contribution in [1.82, 2.24) is 4.57 Å². The predicted molar refractivity (Wildman–Crippen MR) is 101 cm³/mol. The van der Waals surface area contributed by atoms with Crippen LogP contribution in [0, 0.1) is 0 Å². The molecule has 2 aromatic carbocycles. The first-order valence-corrected chi connectivity index (χ1v) is 8.52. The first kappa shape index (κ1) is 17.9. The zero-order valence-corrected chi connectivity index (χ0v) is 15.4. The summed E-state index contributed by atoms with van der Waals surface area (Å²) in [7, 11) is 1.48. The highest BCUT2D eigenvalue weighted by molar-refractivity contribution is 9.10. The number of benzene rings is 2. The Balaban J connectivity index is 2.01. The predicted octanol–water partition coefficient (Wildman–Crippen LogP) is 2.68. The maximum Gasteiger partial charge on any atom is 0.356 e. The van der Waals surface area contributed by atoms with Gasteiger partial charge < -0.3 is 15.0 Å². The Morgan fingerprint density at radius 3 is 2.54 bits per heavy atom. The van der Waals surface area contributed by atoms with Crippen LogP contribution in [-0.2, 0) is 16.6 Å². The van der Waals surface area contributed by atoms with Crippen molar-refractivity contribution in [2.24, 2.45) is 12.8 Å². The second kappa shape index (κ2) is 7.13. The number of nitrogens with two attached hydrogens (primary N) is 1. The van der Waals surface area contributed by atoms with Gasteiger partial charge in [-0.3, -0.25) is 9.59 Å². The Morgan fingerprint density at radius 1 is 1.12 bits per heavy atom. The minimum atomic E-state index is -1.26. The fourth-order valence-corrected chi connectivity index (χ4v) is 3.09. The number of pyridine rings is 1. The number of amides is 1. The molecule has 0 aliphatic rings. The zero-order valence-electron chi connectivity index (χ0n) is 13.8. The summed E-state index contributed by atoms with van der Waals surface area (Å²) in [6.07, 6.45) is -1.26. The Bertz CT molecular complexity index is 1070. The number of nitrogens with zero attached hydrogens (tertiary/aromatic N) is 1. The first-order valence-electron chi connectivity index (χ1n) is 7.73. The Kier molecular flexibility index (Phi) is 4.90. The molecule has 0 aliphatic heterocycles. The molecule has 1 unspecified atom stereocenters. The topological polar surface area (TPSA) is 91.4 Å². The number of halogens is 1. The Labute approximate surface area is 157 Å². The molecule has 1 heterocycles. The minimum absolute atomic E-state index is 0.0370. The second-order valence-electron chi connectivity index (χ2n) is 5.72. The number of primary amides is 1. The number of aromatic nitrogens is 1. The van der Waals surface area contributed by atoms with Crippen LogP contribution in [0.25, 0.3) is 10.8 Å². The molecule has 0 spiro atoms. The average Bonchev–Trinajstić information content (AvgIpc) is 2.62. The highest BCUT2D eigenvalue weighted by Crippen LogP contribution is 2.23. The van der Waals surface area contributed by atoms with Gasteiger partial charge in [0.1, 0.15) is 5.69 Å². The first-order chi connectivity index (χ1) is 12.4. The molecule has 0 saturated carbocycles. The molecule has 1 aromatic heterocycles. The Hall–Kier alpha value is -2.93. The van der Waals surface area contributed by atoms with Crippen LogP contribution >= 0.6 is 15.9 Å². The van der Waals surface area contributed by atoms with Crippen molar-refractivity contribution >= 4 is 38.6 Å². The van der Waals surface area contributed by atoms with Gasteiger partial charge >= 0.3 is 5.97 Å². The molecule has 7 heteroatoms. The number of carbonyl (C=O) groups is 2. The normalized spacial score (nSPS) is 11.9. The number of hydrogen-bond acceptors (Lipinski definition) is 4. The van der Waals surface area contributed by atoms with Crippen LogP contribution in [0.5, 0.6) is 0 Å². The Morgan fingerprint density at radius 2 is 1.85 bits per heavy atom. The summed E-state index contributed by atoms with van der Waals surface area (Å²) in [6, 6.07) is 15.2. The number of hydrogen-bond donors (Lipinski definition) is 1. The lowest BCUT2D eigenvalue weighted by Gasteiger charge is -2.17. The van der Waals surface area contributed by atoms with E-state index < -0.39 is 18.0 Å². The lowest BCUT2D eigenvalue weighted by atomic mass is 10.1. The van der Waals surface area contributed by atoms with Crippen LogP contribution in [0.15, 0.2) is 63.9 Å². The van der Waals surface area contributed by atoms with Crippen molar-refractivity contribution in [1.29, 1.82) is 0 Å². The molecule has 0 bridgehead atoms. The minimum Gasteiger partial charge on any atom is -0.443 e. The number of carbonyl (C=O) groups excluding carboxylic acids is 2. The van der Waals surface area contributed by atoms with Crippen molar-refractivity contribution in [3.05, 3.63) is 80.7 Å². The number of ether oxygens (including phenoxy) is 1. The largest absolute Gasteiger partial charge is 0.443 e. The zero-order chi connectivity index (χ0) is 18.8. The summed E-state index contributed by atoms with van der Waals surface area (Å²) in [5, 5.41) is 1.10. The highest BCUT2D eigenvalue weighted by atomic mass is 79.9. The summed E-state index contributed by atoms with van der Waals surface area (Å²) >= 11 is 3.30. The van der Waals surface area contributed by atoms with Gasteiger partial charge in [-0.2, -0.15) is 0 Å². The van der Waals surface area contributed by atoms with E-state index in [-0.39, 0.29) is 11.3 Å². The van der Waals surface area contributed by atoms with Gasteiger partial charge in [0.25, 0.3) is 11.5 Å². The monoisotopic (exact) mass is 414 g/mol. The van der Waals surface area contributed by atoms with Crippen LogP contribution in [0.4, 0.5) is 0 Å². The van der Waals surface area contributed by atoms with Gasteiger partial charge in [0.15, 0.2) is 0 Å². The van der Waals surface area contributed by atoms with Gasteiger partial charge in [0, 0.05) is 22.5 Å². The fraction of sp³-hybridized carbons (Fsp3) is 0.105. The van der Waals surface area contributed by atoms with Crippen LogP contribution in [0.2, 0.25) is 0 Å². The van der Waals surface area contributed by atoms with Crippen molar-refractivity contribution < 1.29 is 14.3 Å². The third kappa shape index (κ3) is 3.39. The number of fused-ring (bicyclic) bond motifs is 1. The lowest BCUT2D eigenvalue weighted by Crippen LogP contribution is -2.29. The average molecular weight is 415 g/mol. The maximum absolute atomic E-state index is 12.6. The molecule has 3 rings (SSSR count). The highest BCUT2D eigenvalue weighted by Gasteiger charge is 2.25. The van der Waals surface area contributed by atoms with Crippen molar-refractivity contribution in [2.75, 3.05) is 0 Å². The maximum atomic E-state index is 12.6. The number of rotatable bonds is 4. The molecule has 0 saturated heterocycles. The molecule has 2 N–H and O–H groups in total. The van der Waals surface area contributed by atoms with E-state index in [4.69, 9.17) is 10.5 Å². The quantitative estimate of drug-likeness (QED) is 0.664. The molecule has 1 amide bonds. The summed E-state index contributed by atoms with van der Waals surface area (Å²) in [6.45, 7) is 0. The molecule has 3 aromatic rings. The molecule has 0 fully saturated rings. The molecule has 132 valence electrons. The van der Waals surface area contributed by atoms with E-state index in [1.807, 2.05) is 0 Å². The summed E-state index contributed by atoms with van der Waals surface area (Å²) in [4.78, 5) is 36.9. The van der Waals surface area contributed by atoms with Crippen LogP contribution in [0.1, 0.15) is 22.2 Å². The SMILES string of the molecule is Cn1c(C(=O)OC(C(N)=O)c2cccc(Br)c2)cc2ccccc2c1=O. The van der Waals surface area contributed by atoms with Gasteiger partial charge in [-0.15, -0.1) is 0 Å². The standard InChI is InChI=1S/C19H15BrN2O4/c1-22-15(10-11-5-2-3-8-14(11)18(22)24)19(25)26-16(17(21)23)12-6-4-7-13(20)9-12/h2-10,16H,1H3,(H2,21,23). The number of esters is 1. The van der Waals surface area contributed by atoms with Crippen LogP contribution < -0.4 is 11.3 Å². The second-order valence-corrected chi connectivity index (χ2v) is 6.64. The molecule has 26 heavy (non-hydrogen) atoms. The fourth-order valence-electron chi connectivity index (χ4n) is 2.68. The molecule has 6 nitrogen and oxygen atoms in total. The van der Waals surface area contributed by atoms with Crippen molar-refractivity contribution in [2.45, 2.75) is 6.10 Å². The van der Waals surface area contributed by atoms with Gasteiger partial charge in [-0.25, -0.2) is 4.79 Å². The van der Waals surface area contributed by atoms with E-state index >= 15 is 0 Å². The van der Waals surface area contributed by atoms with Gasteiger partial charge in [0.2, 0.25) is 6.10 Å². The third-order valence-corrected chi connectivity index (χ3v) is 4.49. The van der Waals surface area contributed by atoms with E-state index in [1.165, 1.54) is 11.6 Å². The van der Waals surface area contributed by atoms with E-state index in [0.717, 1.165) is 4.47 Å². The van der Waals surface area contributed by atoms with E-state index in [0.29, 0.717) is 16.3 Å².